The number of aliphatic hydroxyl groups excluding tert-OH is 1. The molecule has 0 radical (unpaired) electrons. The average molecular weight is 292 g/mol. The van der Waals surface area contributed by atoms with E-state index < -0.39 is 6.04 Å². The number of allylic oxidation sites excluding steroid dienone is 5. The van der Waals surface area contributed by atoms with Crippen LogP contribution in [0.2, 0.25) is 0 Å². The van der Waals surface area contributed by atoms with E-state index >= 15 is 0 Å². The maximum Gasteiger partial charge on any atom is 0.207 e. The molecule has 0 bridgehead atoms. The number of halogens is 1. The molecule has 0 aliphatic rings. The smallest absolute Gasteiger partial charge is 0.207 e. The first-order valence-corrected chi connectivity index (χ1v) is 6.61. The Morgan fingerprint density at radius 3 is 2.55 bits per heavy atom. The molecule has 106 valence electrons. The van der Waals surface area contributed by atoms with Gasteiger partial charge in [0.25, 0.3) is 0 Å². The van der Waals surface area contributed by atoms with Gasteiger partial charge in [-0.15, -0.1) is 0 Å². The molecule has 1 aromatic carbocycles. The fraction of sp³-hybridized carbons (Fsp3) is 0.188. The van der Waals surface area contributed by atoms with Crippen molar-refractivity contribution in [3.8, 4) is 0 Å². The Balaban J connectivity index is 3.08. The maximum atomic E-state index is 10.5. The number of carbonyl (C=O) groups excluding carboxylic acids is 1. The summed E-state index contributed by atoms with van der Waals surface area (Å²) in [7, 11) is 0. The number of amides is 1. The van der Waals surface area contributed by atoms with Gasteiger partial charge in [-0.3, -0.25) is 4.79 Å². The predicted octanol–water partition coefficient (Wildman–Crippen LogP) is 3.18. The summed E-state index contributed by atoms with van der Waals surface area (Å²) in [6.45, 7) is 5.40. The van der Waals surface area contributed by atoms with Crippen molar-refractivity contribution >= 4 is 23.6 Å². The van der Waals surface area contributed by atoms with Gasteiger partial charge in [0, 0.05) is 5.03 Å². The van der Waals surface area contributed by atoms with Crippen molar-refractivity contribution in [2.24, 2.45) is 0 Å². The van der Waals surface area contributed by atoms with Crippen molar-refractivity contribution in [1.29, 1.82) is 0 Å². The number of hydrogen-bond acceptors (Lipinski definition) is 2. The van der Waals surface area contributed by atoms with E-state index in [-0.39, 0.29) is 6.61 Å². The fourth-order valence-electron chi connectivity index (χ4n) is 1.82. The van der Waals surface area contributed by atoms with Gasteiger partial charge in [0.2, 0.25) is 6.41 Å². The molecule has 4 heteroatoms. The second-order valence-corrected chi connectivity index (χ2v) is 4.50. The summed E-state index contributed by atoms with van der Waals surface area (Å²) >= 11 is 6.17. The third kappa shape index (κ3) is 4.08. The highest BCUT2D eigenvalue weighted by Crippen LogP contribution is 2.27. The topological polar surface area (TPSA) is 49.3 Å². The Hall–Kier alpha value is -1.84. The van der Waals surface area contributed by atoms with Crippen LogP contribution in [0.15, 0.2) is 54.1 Å². The van der Waals surface area contributed by atoms with Crippen molar-refractivity contribution in [3.05, 3.63) is 65.2 Å². The normalized spacial score (nSPS) is 13.8. The van der Waals surface area contributed by atoms with Crippen LogP contribution < -0.4 is 5.32 Å². The third-order valence-corrected chi connectivity index (χ3v) is 3.29. The molecule has 0 heterocycles. The van der Waals surface area contributed by atoms with Crippen molar-refractivity contribution in [1.82, 2.24) is 5.32 Å². The Morgan fingerprint density at radius 1 is 1.45 bits per heavy atom. The summed E-state index contributed by atoms with van der Waals surface area (Å²) in [5.74, 6) is 0. The molecule has 1 rings (SSSR count). The second-order valence-electron chi connectivity index (χ2n) is 4.09. The molecule has 0 aromatic heterocycles. The highest BCUT2D eigenvalue weighted by Gasteiger charge is 2.10. The van der Waals surface area contributed by atoms with Gasteiger partial charge < -0.3 is 10.4 Å². The number of carbonyl (C=O) groups is 1. The molecule has 1 amide bonds. The fourth-order valence-corrected chi connectivity index (χ4v) is 1.99. The van der Waals surface area contributed by atoms with Gasteiger partial charge in [0.1, 0.15) is 0 Å². The Kier molecular flexibility index (Phi) is 6.77. The van der Waals surface area contributed by atoms with E-state index in [4.69, 9.17) is 11.6 Å². The first kappa shape index (κ1) is 16.2. The standard InChI is InChI=1S/C16H18ClNO2/c1-3-5-14(15(17)4-2)12-6-8-13(9-7-12)16(10-19)18-11-20/h3-9,11,16,19H,1,10H2,2H3,(H,18,20)/b14-5-,15-4+. The molecule has 0 aliphatic carbocycles. The zero-order valence-corrected chi connectivity index (χ0v) is 12.1. The highest BCUT2D eigenvalue weighted by molar-refractivity contribution is 6.37. The van der Waals surface area contributed by atoms with Crippen LogP contribution in [0.5, 0.6) is 0 Å². The van der Waals surface area contributed by atoms with Crippen LogP contribution >= 0.6 is 11.6 Å². The van der Waals surface area contributed by atoms with Crippen molar-refractivity contribution in [3.63, 3.8) is 0 Å². The quantitative estimate of drug-likeness (QED) is 0.599. The Morgan fingerprint density at radius 2 is 2.10 bits per heavy atom. The van der Waals surface area contributed by atoms with E-state index in [0.717, 1.165) is 16.7 Å². The number of benzene rings is 1. The lowest BCUT2D eigenvalue weighted by atomic mass is 10.00. The zero-order valence-electron chi connectivity index (χ0n) is 11.3. The van der Waals surface area contributed by atoms with E-state index in [1.54, 1.807) is 6.08 Å². The monoisotopic (exact) mass is 291 g/mol. The van der Waals surface area contributed by atoms with E-state index in [2.05, 4.69) is 11.9 Å². The minimum absolute atomic E-state index is 0.150. The molecule has 0 aliphatic heterocycles. The van der Waals surface area contributed by atoms with Crippen molar-refractivity contribution < 1.29 is 9.90 Å². The van der Waals surface area contributed by atoms with Gasteiger partial charge in [0.15, 0.2) is 0 Å². The van der Waals surface area contributed by atoms with Crippen LogP contribution in [0.4, 0.5) is 0 Å². The van der Waals surface area contributed by atoms with Crippen LogP contribution in [-0.4, -0.2) is 18.1 Å². The summed E-state index contributed by atoms with van der Waals surface area (Å²) in [5.41, 5.74) is 2.65. The van der Waals surface area contributed by atoms with Crippen LogP contribution in [0.25, 0.3) is 5.57 Å². The molecule has 1 atom stereocenters. The molecule has 0 saturated heterocycles. The second kappa shape index (κ2) is 8.35. The molecule has 1 unspecified atom stereocenters. The number of hydrogen-bond donors (Lipinski definition) is 2. The SMILES string of the molecule is C=C/C=C(\C(Cl)=C/C)c1ccc(C(CO)NC=O)cc1. The molecule has 0 saturated carbocycles. The summed E-state index contributed by atoms with van der Waals surface area (Å²) in [6.07, 6.45) is 5.91. The van der Waals surface area contributed by atoms with E-state index in [9.17, 15) is 9.90 Å². The molecule has 0 spiro atoms. The molecule has 20 heavy (non-hydrogen) atoms. The lowest BCUT2D eigenvalue weighted by Crippen LogP contribution is -2.22. The van der Waals surface area contributed by atoms with E-state index in [1.165, 1.54) is 0 Å². The molecule has 2 N–H and O–H groups in total. The number of rotatable bonds is 7. The summed E-state index contributed by atoms with van der Waals surface area (Å²) < 4.78 is 0. The highest BCUT2D eigenvalue weighted by atomic mass is 35.5. The summed E-state index contributed by atoms with van der Waals surface area (Å²) in [6, 6.07) is 7.09. The molecule has 3 nitrogen and oxygen atoms in total. The average Bonchev–Trinajstić information content (AvgIpc) is 2.50. The van der Waals surface area contributed by atoms with E-state index in [1.807, 2.05) is 43.3 Å². The third-order valence-electron chi connectivity index (χ3n) is 2.87. The van der Waals surface area contributed by atoms with Crippen LogP contribution in [0.3, 0.4) is 0 Å². The molecular formula is C16H18ClNO2. The largest absolute Gasteiger partial charge is 0.394 e. The minimum atomic E-state index is -0.398. The Labute approximate surface area is 124 Å². The lowest BCUT2D eigenvalue weighted by Gasteiger charge is -2.14. The van der Waals surface area contributed by atoms with Gasteiger partial charge in [-0.2, -0.15) is 0 Å². The molecular weight excluding hydrogens is 274 g/mol. The first-order chi connectivity index (χ1) is 9.67. The lowest BCUT2D eigenvalue weighted by molar-refractivity contribution is -0.110. The predicted molar refractivity (Wildman–Crippen MR) is 83.3 cm³/mol. The Bertz CT molecular complexity index is 518. The van der Waals surface area contributed by atoms with Gasteiger partial charge in [-0.05, 0) is 23.6 Å². The number of nitrogens with one attached hydrogen (secondary N) is 1. The summed E-state index contributed by atoms with van der Waals surface area (Å²) in [4.78, 5) is 10.5. The maximum absolute atomic E-state index is 10.5. The van der Waals surface area contributed by atoms with Crippen molar-refractivity contribution in [2.75, 3.05) is 6.61 Å². The zero-order chi connectivity index (χ0) is 15.0. The van der Waals surface area contributed by atoms with Gasteiger partial charge in [-0.1, -0.05) is 60.7 Å². The van der Waals surface area contributed by atoms with Crippen LogP contribution in [-0.2, 0) is 4.79 Å². The first-order valence-electron chi connectivity index (χ1n) is 6.23. The molecule has 0 fully saturated rings. The minimum Gasteiger partial charge on any atom is -0.394 e. The van der Waals surface area contributed by atoms with Gasteiger partial charge in [-0.25, -0.2) is 0 Å². The van der Waals surface area contributed by atoms with Crippen LogP contribution in [0.1, 0.15) is 24.1 Å². The number of aliphatic hydroxyl groups is 1. The molecule has 1 aromatic rings. The van der Waals surface area contributed by atoms with Gasteiger partial charge in [0.05, 0.1) is 12.6 Å². The van der Waals surface area contributed by atoms with Gasteiger partial charge >= 0.3 is 0 Å². The summed E-state index contributed by atoms with van der Waals surface area (Å²) in [5, 5.41) is 12.4. The van der Waals surface area contributed by atoms with Crippen LogP contribution in [0, 0.1) is 0 Å². The van der Waals surface area contributed by atoms with E-state index in [0.29, 0.717) is 11.4 Å². The van der Waals surface area contributed by atoms with Crippen molar-refractivity contribution in [2.45, 2.75) is 13.0 Å².